The Labute approximate surface area is 186 Å². The fourth-order valence-corrected chi connectivity index (χ4v) is 4.62. The van der Waals surface area contributed by atoms with Gasteiger partial charge in [0.1, 0.15) is 17.4 Å². The summed E-state index contributed by atoms with van der Waals surface area (Å²) in [4.78, 5) is 31.7. The van der Waals surface area contributed by atoms with Crippen molar-refractivity contribution in [1.82, 2.24) is 15.0 Å². The first-order valence-corrected chi connectivity index (χ1v) is 12.1. The Kier molecular flexibility index (Phi) is 4.86. The van der Waals surface area contributed by atoms with E-state index in [0.29, 0.717) is 35.1 Å². The lowest BCUT2D eigenvalue weighted by atomic mass is 10.1. The van der Waals surface area contributed by atoms with Crippen LogP contribution in [0.15, 0.2) is 51.0 Å². The number of aliphatic imine (C=N–C) groups is 1. The number of Topliss-reactive ketones (excluding diaryl/α,β-unsaturated/α-hetero) is 1. The van der Waals surface area contributed by atoms with Crippen molar-refractivity contribution >= 4 is 29.3 Å². The first-order valence-electron chi connectivity index (χ1n) is 11.3. The third-order valence-corrected chi connectivity index (χ3v) is 7.09. The fourth-order valence-electron chi connectivity index (χ4n) is 3.86. The number of anilines is 1. The molecule has 1 aliphatic heterocycles. The maximum Gasteiger partial charge on any atom is 0.232 e. The Balaban J connectivity index is 1.17. The van der Waals surface area contributed by atoms with Crippen molar-refractivity contribution in [3.8, 4) is 0 Å². The van der Waals surface area contributed by atoms with Gasteiger partial charge in [0.15, 0.2) is 5.16 Å². The van der Waals surface area contributed by atoms with Crippen molar-refractivity contribution in [2.45, 2.75) is 60.9 Å². The lowest BCUT2D eigenvalue weighted by Gasteiger charge is -2.08. The molecule has 0 radical (unpaired) electrons. The molecule has 3 saturated carbocycles. The number of nitrogens with zero attached hydrogens (tertiary/aromatic N) is 4. The summed E-state index contributed by atoms with van der Waals surface area (Å²) in [6, 6.07) is 8.20. The van der Waals surface area contributed by atoms with Crippen LogP contribution in [0, 0.1) is 11.8 Å². The van der Waals surface area contributed by atoms with E-state index in [0.717, 1.165) is 60.3 Å². The summed E-state index contributed by atoms with van der Waals surface area (Å²) >= 11 is 1.54. The molecule has 31 heavy (non-hydrogen) atoms. The van der Waals surface area contributed by atoms with Crippen LogP contribution in [0.25, 0.3) is 0 Å². The number of aromatic nitrogens is 3. The van der Waals surface area contributed by atoms with Gasteiger partial charge in [-0.3, -0.25) is 9.79 Å². The highest BCUT2D eigenvalue weighted by atomic mass is 32.2. The molecule has 0 unspecified atom stereocenters. The van der Waals surface area contributed by atoms with Crippen molar-refractivity contribution in [1.29, 1.82) is 0 Å². The third-order valence-electron chi connectivity index (χ3n) is 6.21. The Morgan fingerprint density at radius 1 is 0.968 bits per heavy atom. The van der Waals surface area contributed by atoms with Gasteiger partial charge in [0.05, 0.1) is 6.54 Å². The molecule has 1 N–H and O–H groups in total. The predicted molar refractivity (Wildman–Crippen MR) is 121 cm³/mol. The van der Waals surface area contributed by atoms with Crippen LogP contribution in [0.5, 0.6) is 0 Å². The monoisotopic (exact) mass is 431 g/mol. The van der Waals surface area contributed by atoms with E-state index in [1.165, 1.54) is 30.2 Å². The highest BCUT2D eigenvalue weighted by Crippen LogP contribution is 2.40. The number of carbonyl (C=O) groups excluding carboxylic acids is 1. The second-order valence-corrected chi connectivity index (χ2v) is 10.1. The van der Waals surface area contributed by atoms with Crippen LogP contribution < -0.4 is 5.32 Å². The molecule has 1 aromatic heterocycles. The topological polar surface area (TPSA) is 80.1 Å². The van der Waals surface area contributed by atoms with Crippen LogP contribution in [0.3, 0.4) is 0 Å². The van der Waals surface area contributed by atoms with Crippen LogP contribution in [0.4, 0.5) is 5.95 Å². The minimum absolute atomic E-state index is 0.311. The standard InChI is InChI=1S/C24H25N5OS/c30-20(16-5-6-16)11-14-1-9-19(10-2-14)31-24-28-22(17-7-8-17)27-23(29-24)26-21-12-18(13-25-21)15-3-4-15/h1-2,9-10,12,15-17H,3-8,11,13H2,(H,25,26,27,28,29). The van der Waals surface area contributed by atoms with Gasteiger partial charge in [-0.15, -0.1) is 0 Å². The SMILES string of the molecule is O=C(Cc1ccc(Sc2nc(NC3=NCC(C4CC4)=C3)nc(C3CC3)n2)cc1)C1CC1. The number of nitrogens with one attached hydrogen (secondary N) is 1. The first kappa shape index (κ1) is 19.2. The van der Waals surface area contributed by atoms with Crippen LogP contribution in [0.2, 0.25) is 0 Å². The summed E-state index contributed by atoms with van der Waals surface area (Å²) in [5.41, 5.74) is 2.50. The molecule has 0 spiro atoms. The van der Waals surface area contributed by atoms with Gasteiger partial charge >= 0.3 is 0 Å². The fraction of sp³-hybridized carbons (Fsp3) is 0.458. The minimum atomic E-state index is 0.311. The number of rotatable bonds is 8. The summed E-state index contributed by atoms with van der Waals surface area (Å²) in [6.07, 6.45) is 9.70. The minimum Gasteiger partial charge on any atom is -0.309 e. The molecule has 2 aromatic rings. The zero-order valence-electron chi connectivity index (χ0n) is 17.4. The van der Waals surface area contributed by atoms with Crippen molar-refractivity contribution in [3.63, 3.8) is 0 Å². The molecule has 7 heteroatoms. The molecular formula is C24H25N5OS. The molecule has 1 aromatic carbocycles. The Bertz CT molecular complexity index is 1080. The molecule has 2 heterocycles. The number of hydrogen-bond donors (Lipinski definition) is 1. The summed E-state index contributed by atoms with van der Waals surface area (Å²) in [5, 5.41) is 4.01. The van der Waals surface area contributed by atoms with Crippen LogP contribution in [0.1, 0.15) is 55.8 Å². The largest absolute Gasteiger partial charge is 0.309 e. The molecule has 0 bridgehead atoms. The van der Waals surface area contributed by atoms with Gasteiger partial charge in [0.25, 0.3) is 0 Å². The molecule has 158 valence electrons. The molecule has 4 aliphatic rings. The lowest BCUT2D eigenvalue weighted by molar-refractivity contribution is -0.119. The van der Waals surface area contributed by atoms with Gasteiger partial charge < -0.3 is 5.32 Å². The predicted octanol–water partition coefficient (Wildman–Crippen LogP) is 4.58. The summed E-state index contributed by atoms with van der Waals surface area (Å²) < 4.78 is 0. The number of amidine groups is 1. The Morgan fingerprint density at radius 3 is 2.45 bits per heavy atom. The molecule has 0 atom stereocenters. The van der Waals surface area contributed by atoms with Crippen molar-refractivity contribution in [2.24, 2.45) is 16.8 Å². The van der Waals surface area contributed by atoms with E-state index in [1.54, 1.807) is 0 Å². The van der Waals surface area contributed by atoms with Gasteiger partial charge in [0, 0.05) is 23.2 Å². The van der Waals surface area contributed by atoms with Gasteiger partial charge in [-0.05, 0) is 85.6 Å². The molecule has 3 aliphatic carbocycles. The van der Waals surface area contributed by atoms with Gasteiger partial charge in [-0.1, -0.05) is 12.1 Å². The number of carbonyl (C=O) groups is 1. The number of benzene rings is 1. The van der Waals surface area contributed by atoms with Crippen LogP contribution in [-0.2, 0) is 11.2 Å². The van der Waals surface area contributed by atoms with E-state index in [4.69, 9.17) is 4.98 Å². The van der Waals surface area contributed by atoms with E-state index < -0.39 is 0 Å². The van der Waals surface area contributed by atoms with E-state index in [-0.39, 0.29) is 0 Å². The highest BCUT2D eigenvalue weighted by Gasteiger charge is 2.30. The van der Waals surface area contributed by atoms with E-state index in [2.05, 4.69) is 38.5 Å². The normalized spacial score (nSPS) is 20.4. The van der Waals surface area contributed by atoms with Gasteiger partial charge in [0.2, 0.25) is 5.95 Å². The van der Waals surface area contributed by atoms with Gasteiger partial charge in [-0.25, -0.2) is 4.98 Å². The third kappa shape index (κ3) is 4.71. The van der Waals surface area contributed by atoms with Crippen LogP contribution in [-0.4, -0.2) is 33.1 Å². The summed E-state index contributed by atoms with van der Waals surface area (Å²) in [6.45, 7) is 0.796. The molecule has 6 rings (SSSR count). The molecule has 6 nitrogen and oxygen atoms in total. The molecule has 0 amide bonds. The maximum absolute atomic E-state index is 12.0. The molecule has 0 saturated heterocycles. The van der Waals surface area contributed by atoms with Crippen LogP contribution >= 0.6 is 11.8 Å². The quantitative estimate of drug-likeness (QED) is 0.659. The van der Waals surface area contributed by atoms with E-state index in [1.807, 2.05) is 12.1 Å². The van der Waals surface area contributed by atoms with E-state index in [9.17, 15) is 4.79 Å². The smallest absolute Gasteiger partial charge is 0.232 e. The lowest BCUT2D eigenvalue weighted by Crippen LogP contribution is -2.12. The Hall–Kier alpha value is -2.54. The summed E-state index contributed by atoms with van der Waals surface area (Å²) in [5.74, 6) is 4.17. The average Bonchev–Trinajstić information content (AvgIpc) is 3.61. The Morgan fingerprint density at radius 2 is 1.74 bits per heavy atom. The van der Waals surface area contributed by atoms with Crippen molar-refractivity contribution in [3.05, 3.63) is 47.3 Å². The number of hydrogen-bond acceptors (Lipinski definition) is 7. The zero-order valence-corrected chi connectivity index (χ0v) is 18.2. The molecular weight excluding hydrogens is 406 g/mol. The second kappa shape index (κ2) is 7.86. The highest BCUT2D eigenvalue weighted by molar-refractivity contribution is 7.99. The van der Waals surface area contributed by atoms with E-state index >= 15 is 0 Å². The summed E-state index contributed by atoms with van der Waals surface area (Å²) in [7, 11) is 0. The molecule has 3 fully saturated rings. The van der Waals surface area contributed by atoms with Gasteiger partial charge in [-0.2, -0.15) is 9.97 Å². The zero-order chi connectivity index (χ0) is 20.8. The second-order valence-electron chi connectivity index (χ2n) is 9.06. The first-order chi connectivity index (χ1) is 15.2. The average molecular weight is 432 g/mol. The number of ketones is 1. The maximum atomic E-state index is 12.0. The van der Waals surface area contributed by atoms with Crippen molar-refractivity contribution in [2.75, 3.05) is 11.9 Å². The van der Waals surface area contributed by atoms with Crippen molar-refractivity contribution < 1.29 is 4.79 Å².